The summed E-state index contributed by atoms with van der Waals surface area (Å²) >= 11 is 1.92. The molecule has 0 radical (unpaired) electrons. The van der Waals surface area contributed by atoms with Crippen molar-refractivity contribution in [2.45, 2.75) is 44.3 Å². The zero-order valence-electron chi connectivity index (χ0n) is 14.7. The normalized spacial score (nSPS) is 25.3. The van der Waals surface area contributed by atoms with Crippen LogP contribution >= 0.6 is 36.6 Å². The summed E-state index contributed by atoms with van der Waals surface area (Å²) in [5.41, 5.74) is 0. The minimum atomic E-state index is -0.0933. The van der Waals surface area contributed by atoms with Crippen LogP contribution in [-0.2, 0) is 9.59 Å². The van der Waals surface area contributed by atoms with Gasteiger partial charge in [0.2, 0.25) is 11.8 Å². The molecule has 1 saturated carbocycles. The van der Waals surface area contributed by atoms with Crippen LogP contribution < -0.4 is 10.6 Å². The summed E-state index contributed by atoms with van der Waals surface area (Å²) in [6.45, 7) is 6.03. The van der Waals surface area contributed by atoms with Gasteiger partial charge in [0.05, 0.1) is 6.04 Å². The number of carbonyl (C=O) groups excluding carboxylic acids is 2. The van der Waals surface area contributed by atoms with E-state index in [2.05, 4.69) is 15.5 Å². The first-order valence-corrected chi connectivity index (χ1v) is 9.92. The van der Waals surface area contributed by atoms with Gasteiger partial charge in [0, 0.05) is 62.7 Å². The summed E-state index contributed by atoms with van der Waals surface area (Å²) in [5.74, 6) is 2.56. The van der Waals surface area contributed by atoms with Crippen molar-refractivity contribution in [3.8, 4) is 0 Å². The number of nitrogens with one attached hydrogen (secondary N) is 2. The van der Waals surface area contributed by atoms with Gasteiger partial charge in [0.15, 0.2) is 0 Å². The van der Waals surface area contributed by atoms with Crippen molar-refractivity contribution in [3.63, 3.8) is 0 Å². The summed E-state index contributed by atoms with van der Waals surface area (Å²) in [6, 6.07) is 0.639. The monoisotopic (exact) mass is 412 g/mol. The highest BCUT2D eigenvalue weighted by Gasteiger charge is 2.31. The summed E-state index contributed by atoms with van der Waals surface area (Å²) < 4.78 is 0. The molecule has 2 heterocycles. The maximum Gasteiger partial charge on any atom is 0.237 e. The van der Waals surface area contributed by atoms with E-state index >= 15 is 0 Å². The van der Waals surface area contributed by atoms with Gasteiger partial charge < -0.3 is 15.5 Å². The third-order valence-corrected chi connectivity index (χ3v) is 6.07. The van der Waals surface area contributed by atoms with Gasteiger partial charge >= 0.3 is 0 Å². The number of nitrogens with zero attached hydrogens (tertiary/aromatic N) is 2. The molecule has 2 N–H and O–H groups in total. The summed E-state index contributed by atoms with van der Waals surface area (Å²) in [6.07, 6.45) is 2.84. The van der Waals surface area contributed by atoms with E-state index in [4.69, 9.17) is 0 Å². The Kier molecular flexibility index (Phi) is 9.88. The van der Waals surface area contributed by atoms with Gasteiger partial charge in [-0.05, 0) is 19.8 Å². The molecule has 2 aliphatic heterocycles. The van der Waals surface area contributed by atoms with E-state index in [0.717, 1.165) is 57.1 Å². The van der Waals surface area contributed by atoms with Gasteiger partial charge in [0.1, 0.15) is 0 Å². The fourth-order valence-corrected chi connectivity index (χ4v) is 4.11. The number of halogens is 2. The third kappa shape index (κ3) is 6.79. The maximum absolute atomic E-state index is 12.4. The second kappa shape index (κ2) is 10.8. The van der Waals surface area contributed by atoms with Crippen LogP contribution in [0, 0.1) is 0 Å². The van der Waals surface area contributed by atoms with Crippen LogP contribution in [-0.4, -0.2) is 84.0 Å². The van der Waals surface area contributed by atoms with Crippen LogP contribution in [0.25, 0.3) is 0 Å². The molecule has 0 aromatic carbocycles. The minimum absolute atomic E-state index is 0. The van der Waals surface area contributed by atoms with E-state index in [1.54, 1.807) is 0 Å². The summed E-state index contributed by atoms with van der Waals surface area (Å²) in [7, 11) is 0. The minimum Gasteiger partial charge on any atom is -0.352 e. The molecule has 2 unspecified atom stereocenters. The molecule has 2 saturated heterocycles. The standard InChI is InChI=1S/C16H28N4O2S.2ClH/c1-12(16(22)18-13-2-3-13)19-5-7-20(8-6-19)15(21)10-14-11-23-9-4-17-14;;/h12-14,17H,2-11H2,1H3,(H,18,22);2*1H. The van der Waals surface area contributed by atoms with E-state index in [0.29, 0.717) is 18.5 Å². The van der Waals surface area contributed by atoms with Crippen LogP contribution in [0.5, 0.6) is 0 Å². The van der Waals surface area contributed by atoms with E-state index < -0.39 is 0 Å². The predicted molar refractivity (Wildman–Crippen MR) is 107 cm³/mol. The van der Waals surface area contributed by atoms with E-state index in [1.165, 1.54) is 0 Å². The van der Waals surface area contributed by atoms with Gasteiger partial charge in [-0.3, -0.25) is 14.5 Å². The fraction of sp³-hybridized carbons (Fsp3) is 0.875. The zero-order chi connectivity index (χ0) is 16.2. The Morgan fingerprint density at radius 2 is 1.88 bits per heavy atom. The summed E-state index contributed by atoms with van der Waals surface area (Å²) in [5, 5.41) is 6.49. The van der Waals surface area contributed by atoms with Crippen molar-refractivity contribution in [1.82, 2.24) is 20.4 Å². The van der Waals surface area contributed by atoms with Crippen molar-refractivity contribution in [2.24, 2.45) is 0 Å². The Bertz CT molecular complexity index is 440. The highest BCUT2D eigenvalue weighted by atomic mass is 35.5. The molecule has 0 aromatic rings. The molecule has 9 heteroatoms. The lowest BCUT2D eigenvalue weighted by molar-refractivity contribution is -0.134. The summed E-state index contributed by atoms with van der Waals surface area (Å²) in [4.78, 5) is 28.7. The molecule has 3 aliphatic rings. The van der Waals surface area contributed by atoms with E-state index in [9.17, 15) is 9.59 Å². The molecule has 6 nitrogen and oxygen atoms in total. The van der Waals surface area contributed by atoms with E-state index in [1.807, 2.05) is 23.6 Å². The lowest BCUT2D eigenvalue weighted by Crippen LogP contribution is -2.55. The van der Waals surface area contributed by atoms with Gasteiger partial charge in [-0.15, -0.1) is 24.8 Å². The molecule has 0 spiro atoms. The second-order valence-corrected chi connectivity index (χ2v) is 7.96. The number of piperazine rings is 1. The lowest BCUT2D eigenvalue weighted by atomic mass is 10.1. The van der Waals surface area contributed by atoms with Gasteiger partial charge in [-0.2, -0.15) is 11.8 Å². The quantitative estimate of drug-likeness (QED) is 0.696. The largest absolute Gasteiger partial charge is 0.352 e. The molecule has 25 heavy (non-hydrogen) atoms. The number of carbonyl (C=O) groups is 2. The van der Waals surface area contributed by atoms with Crippen molar-refractivity contribution >= 4 is 48.4 Å². The van der Waals surface area contributed by atoms with Crippen molar-refractivity contribution in [3.05, 3.63) is 0 Å². The van der Waals surface area contributed by atoms with Crippen LogP contribution in [0.15, 0.2) is 0 Å². The highest BCUT2D eigenvalue weighted by molar-refractivity contribution is 7.99. The first-order valence-electron chi connectivity index (χ1n) is 8.77. The molecule has 1 aliphatic carbocycles. The fourth-order valence-electron chi connectivity index (χ4n) is 3.16. The lowest BCUT2D eigenvalue weighted by Gasteiger charge is -2.38. The van der Waals surface area contributed by atoms with Crippen LogP contribution in [0.3, 0.4) is 0 Å². The molecule has 146 valence electrons. The van der Waals surface area contributed by atoms with Crippen molar-refractivity contribution in [2.75, 3.05) is 44.2 Å². The van der Waals surface area contributed by atoms with Crippen molar-refractivity contribution in [1.29, 1.82) is 0 Å². The Morgan fingerprint density at radius 1 is 1.20 bits per heavy atom. The van der Waals surface area contributed by atoms with Crippen LogP contribution in [0.1, 0.15) is 26.2 Å². The second-order valence-electron chi connectivity index (χ2n) is 6.81. The highest BCUT2D eigenvalue weighted by Crippen LogP contribution is 2.19. The third-order valence-electron chi connectivity index (χ3n) is 4.94. The molecule has 0 aromatic heterocycles. The van der Waals surface area contributed by atoms with Crippen molar-refractivity contribution < 1.29 is 9.59 Å². The van der Waals surface area contributed by atoms with Gasteiger partial charge in [-0.1, -0.05) is 0 Å². The number of hydrogen-bond donors (Lipinski definition) is 2. The van der Waals surface area contributed by atoms with Crippen LogP contribution in [0.4, 0.5) is 0 Å². The number of thioether (sulfide) groups is 1. The zero-order valence-corrected chi connectivity index (χ0v) is 17.2. The number of rotatable bonds is 5. The smallest absolute Gasteiger partial charge is 0.237 e. The first-order chi connectivity index (χ1) is 11.1. The Balaban J connectivity index is 0.00000156. The molecule has 3 rings (SSSR count). The first kappa shape index (κ1) is 22.8. The predicted octanol–water partition coefficient (Wildman–Crippen LogP) is 0.736. The molecule has 3 fully saturated rings. The average molecular weight is 413 g/mol. The number of amides is 2. The Labute approximate surface area is 167 Å². The molecule has 2 amide bonds. The van der Waals surface area contributed by atoms with Gasteiger partial charge in [-0.25, -0.2) is 0 Å². The van der Waals surface area contributed by atoms with Gasteiger partial charge in [0.25, 0.3) is 0 Å². The number of hydrogen-bond acceptors (Lipinski definition) is 5. The molecule has 2 atom stereocenters. The van der Waals surface area contributed by atoms with Crippen LogP contribution in [0.2, 0.25) is 0 Å². The Hall–Kier alpha value is -0.210. The average Bonchev–Trinajstić information content (AvgIpc) is 3.39. The maximum atomic E-state index is 12.4. The molecular formula is C16H30Cl2N4O2S. The topological polar surface area (TPSA) is 64.7 Å². The SMILES string of the molecule is CC(C(=O)NC1CC1)N1CCN(C(=O)CC2CSCCN2)CC1.Cl.Cl. The Morgan fingerprint density at radius 3 is 2.44 bits per heavy atom. The molecular weight excluding hydrogens is 383 g/mol. The molecule has 0 bridgehead atoms. The van der Waals surface area contributed by atoms with E-state index in [-0.39, 0.29) is 42.7 Å².